The minimum absolute atomic E-state index is 0.0422. The number of benzene rings is 2. The summed E-state index contributed by atoms with van der Waals surface area (Å²) in [6.07, 6.45) is 0. The highest BCUT2D eigenvalue weighted by atomic mass is 32.2. The summed E-state index contributed by atoms with van der Waals surface area (Å²) in [5.41, 5.74) is 0.562. The van der Waals surface area contributed by atoms with Gasteiger partial charge in [0.25, 0.3) is 0 Å². The zero-order chi connectivity index (χ0) is 19.9. The van der Waals surface area contributed by atoms with E-state index in [9.17, 15) is 12.8 Å². The van der Waals surface area contributed by atoms with Gasteiger partial charge in [0, 0.05) is 31.1 Å². The van der Waals surface area contributed by atoms with Gasteiger partial charge in [-0.1, -0.05) is 0 Å². The van der Waals surface area contributed by atoms with Gasteiger partial charge in [0.1, 0.15) is 17.3 Å². The number of hydrogen-bond acceptors (Lipinski definition) is 5. The molecule has 0 saturated carbocycles. The quantitative estimate of drug-likeness (QED) is 0.763. The second-order valence-corrected chi connectivity index (χ2v) is 8.96. The largest absolute Gasteiger partial charge is 0.497 e. The maximum Gasteiger partial charge on any atom is 0.243 e. The van der Waals surface area contributed by atoms with Crippen LogP contribution >= 0.6 is 0 Å². The van der Waals surface area contributed by atoms with Gasteiger partial charge in [-0.3, -0.25) is 0 Å². The van der Waals surface area contributed by atoms with Crippen molar-refractivity contribution >= 4 is 10.0 Å². The van der Waals surface area contributed by atoms with Crippen LogP contribution in [0.25, 0.3) is 0 Å². The minimum Gasteiger partial charge on any atom is -0.497 e. The Labute approximate surface area is 163 Å². The summed E-state index contributed by atoms with van der Waals surface area (Å²) in [4.78, 5) is 0.176. The summed E-state index contributed by atoms with van der Waals surface area (Å²) in [6, 6.07) is 10.0. The van der Waals surface area contributed by atoms with Crippen LogP contribution in [0, 0.1) is 17.7 Å². The predicted molar refractivity (Wildman–Crippen MR) is 100 cm³/mol. The van der Waals surface area contributed by atoms with E-state index >= 15 is 0 Å². The van der Waals surface area contributed by atoms with Crippen molar-refractivity contribution in [3.05, 3.63) is 53.8 Å². The number of methoxy groups -OCH3 is 2. The van der Waals surface area contributed by atoms with Crippen molar-refractivity contribution in [3.63, 3.8) is 0 Å². The molecule has 0 amide bonds. The van der Waals surface area contributed by atoms with Gasteiger partial charge in [-0.2, -0.15) is 4.31 Å². The molecule has 0 bridgehead atoms. The highest BCUT2D eigenvalue weighted by molar-refractivity contribution is 7.89. The molecular formula is C20H22FNO5S. The zero-order valence-electron chi connectivity index (χ0n) is 15.7. The summed E-state index contributed by atoms with van der Waals surface area (Å²) in [7, 11) is -0.681. The molecule has 0 aliphatic carbocycles. The summed E-state index contributed by atoms with van der Waals surface area (Å²) in [5, 5.41) is 0. The third-order valence-electron chi connectivity index (χ3n) is 5.50. The van der Waals surface area contributed by atoms with E-state index in [1.54, 1.807) is 25.3 Å². The van der Waals surface area contributed by atoms with Gasteiger partial charge in [0.15, 0.2) is 0 Å². The Hall–Kier alpha value is -2.16. The minimum atomic E-state index is -3.80. The number of fused-ring (bicyclic) bond motifs is 3. The molecule has 2 aromatic carbocycles. The normalized spacial score (nSPS) is 24.3. The van der Waals surface area contributed by atoms with Crippen LogP contribution in [0.5, 0.6) is 11.5 Å². The van der Waals surface area contributed by atoms with Crippen molar-refractivity contribution in [2.75, 3.05) is 34.0 Å². The lowest BCUT2D eigenvalue weighted by Gasteiger charge is -2.34. The van der Waals surface area contributed by atoms with Crippen molar-refractivity contribution < 1.29 is 27.0 Å². The molecule has 8 heteroatoms. The van der Waals surface area contributed by atoms with Crippen molar-refractivity contribution in [2.24, 2.45) is 11.8 Å². The Balaban J connectivity index is 1.78. The molecule has 150 valence electrons. The van der Waals surface area contributed by atoms with Crippen LogP contribution in [0.2, 0.25) is 0 Å². The molecule has 0 unspecified atom stereocenters. The van der Waals surface area contributed by atoms with Crippen LogP contribution in [0.1, 0.15) is 11.6 Å². The first-order valence-electron chi connectivity index (χ1n) is 9.03. The highest BCUT2D eigenvalue weighted by Gasteiger charge is 2.51. The van der Waals surface area contributed by atoms with E-state index in [4.69, 9.17) is 14.2 Å². The molecule has 1 saturated heterocycles. The molecule has 2 aliphatic rings. The van der Waals surface area contributed by atoms with E-state index in [-0.39, 0.29) is 23.3 Å². The SMILES string of the molecule is COC[C@@H]1CN(S(=O)(=O)c2ccc(OC)cc2)[C@H]2c3cc(F)ccc3OC[C@@H]12. The molecule has 3 atom stereocenters. The van der Waals surface area contributed by atoms with Gasteiger partial charge in [-0.15, -0.1) is 0 Å². The van der Waals surface area contributed by atoms with Gasteiger partial charge >= 0.3 is 0 Å². The van der Waals surface area contributed by atoms with Crippen molar-refractivity contribution in [1.29, 1.82) is 0 Å². The maximum atomic E-state index is 14.0. The monoisotopic (exact) mass is 407 g/mol. The Morgan fingerprint density at radius 3 is 2.61 bits per heavy atom. The lowest BCUT2D eigenvalue weighted by Crippen LogP contribution is -2.35. The van der Waals surface area contributed by atoms with Gasteiger partial charge in [-0.05, 0) is 42.5 Å². The van der Waals surface area contributed by atoms with E-state index < -0.39 is 21.9 Å². The summed E-state index contributed by atoms with van der Waals surface area (Å²) < 4.78 is 58.6. The summed E-state index contributed by atoms with van der Waals surface area (Å²) >= 11 is 0. The molecular weight excluding hydrogens is 385 g/mol. The van der Waals surface area contributed by atoms with Crippen molar-refractivity contribution in [3.8, 4) is 11.5 Å². The Kier molecular flexibility index (Phi) is 5.03. The van der Waals surface area contributed by atoms with Crippen LogP contribution in [0.3, 0.4) is 0 Å². The molecule has 1 fully saturated rings. The molecule has 0 radical (unpaired) electrons. The first-order chi connectivity index (χ1) is 13.5. The van der Waals surface area contributed by atoms with E-state index in [0.717, 1.165) is 0 Å². The molecule has 2 aliphatic heterocycles. The molecule has 28 heavy (non-hydrogen) atoms. The first-order valence-corrected chi connectivity index (χ1v) is 10.5. The number of hydrogen-bond donors (Lipinski definition) is 0. The Bertz CT molecular complexity index is 963. The number of ether oxygens (including phenoxy) is 3. The number of halogens is 1. The van der Waals surface area contributed by atoms with Gasteiger partial charge < -0.3 is 14.2 Å². The molecule has 0 N–H and O–H groups in total. The van der Waals surface area contributed by atoms with Crippen LogP contribution in [-0.2, 0) is 14.8 Å². The third-order valence-corrected chi connectivity index (χ3v) is 7.37. The number of nitrogens with zero attached hydrogens (tertiary/aromatic N) is 1. The fourth-order valence-corrected chi connectivity index (χ4v) is 5.86. The fraction of sp³-hybridized carbons (Fsp3) is 0.400. The van der Waals surface area contributed by atoms with E-state index in [0.29, 0.717) is 30.3 Å². The lowest BCUT2D eigenvalue weighted by atomic mass is 9.86. The Morgan fingerprint density at radius 1 is 1.18 bits per heavy atom. The average Bonchev–Trinajstić information content (AvgIpc) is 3.08. The lowest BCUT2D eigenvalue weighted by molar-refractivity contribution is 0.101. The van der Waals surface area contributed by atoms with Crippen LogP contribution in [0.4, 0.5) is 4.39 Å². The average molecular weight is 407 g/mol. The van der Waals surface area contributed by atoms with E-state index in [2.05, 4.69) is 0 Å². The van der Waals surface area contributed by atoms with Crippen LogP contribution in [0.15, 0.2) is 47.4 Å². The first kappa shape index (κ1) is 19.2. The summed E-state index contributed by atoms with van der Waals surface area (Å²) in [6.45, 7) is 1.06. The smallest absolute Gasteiger partial charge is 0.243 e. The second-order valence-electron chi connectivity index (χ2n) is 7.07. The van der Waals surface area contributed by atoms with Crippen molar-refractivity contribution in [1.82, 2.24) is 4.31 Å². The van der Waals surface area contributed by atoms with Gasteiger partial charge in [-0.25, -0.2) is 12.8 Å². The number of rotatable bonds is 5. The Morgan fingerprint density at radius 2 is 1.93 bits per heavy atom. The zero-order valence-corrected chi connectivity index (χ0v) is 16.5. The maximum absolute atomic E-state index is 14.0. The molecule has 2 aromatic rings. The van der Waals surface area contributed by atoms with Crippen molar-refractivity contribution in [2.45, 2.75) is 10.9 Å². The molecule has 4 rings (SSSR count). The standard InChI is InChI=1S/C20H22FNO5S/c1-25-11-13-10-22(28(23,24)16-6-4-15(26-2)5-7-16)20-17-9-14(21)3-8-19(17)27-12-18(13)20/h3-9,13,18,20H,10-12H2,1-2H3/t13-,18-,20-/m0/s1. The molecule has 6 nitrogen and oxygen atoms in total. The molecule has 0 spiro atoms. The summed E-state index contributed by atoms with van der Waals surface area (Å²) in [5.74, 6) is 0.534. The van der Waals surface area contributed by atoms with E-state index in [1.807, 2.05) is 0 Å². The number of sulfonamides is 1. The van der Waals surface area contributed by atoms with Gasteiger partial charge in [0.2, 0.25) is 10.0 Å². The van der Waals surface area contributed by atoms with Gasteiger partial charge in [0.05, 0.1) is 31.3 Å². The molecule has 2 heterocycles. The molecule has 0 aromatic heterocycles. The fourth-order valence-electron chi connectivity index (χ4n) is 4.15. The highest BCUT2D eigenvalue weighted by Crippen LogP contribution is 2.49. The van der Waals surface area contributed by atoms with Crippen LogP contribution < -0.4 is 9.47 Å². The van der Waals surface area contributed by atoms with Crippen LogP contribution in [-0.4, -0.2) is 46.7 Å². The van der Waals surface area contributed by atoms with E-state index in [1.165, 1.54) is 35.7 Å². The predicted octanol–water partition coefficient (Wildman–Crippen LogP) is 2.85. The third kappa shape index (κ3) is 3.15. The topological polar surface area (TPSA) is 65.1 Å². The second kappa shape index (κ2) is 7.35.